The molecular weight excluding hydrogens is 352 g/mol. The van der Waals surface area contributed by atoms with Crippen molar-refractivity contribution in [3.05, 3.63) is 53.1 Å². The maximum Gasteiger partial charge on any atom is 0.255 e. The van der Waals surface area contributed by atoms with Crippen LogP contribution in [0.5, 0.6) is 5.75 Å². The predicted octanol–water partition coefficient (Wildman–Crippen LogP) is 3.25. The van der Waals surface area contributed by atoms with Gasteiger partial charge in [0.15, 0.2) is 0 Å². The molecule has 0 radical (unpaired) electrons. The van der Waals surface area contributed by atoms with Gasteiger partial charge in [0, 0.05) is 17.8 Å². The van der Waals surface area contributed by atoms with Gasteiger partial charge in [-0.2, -0.15) is 0 Å². The van der Waals surface area contributed by atoms with Crippen LogP contribution in [-0.2, 0) is 10.0 Å². The summed E-state index contributed by atoms with van der Waals surface area (Å²) < 4.78 is 32.7. The molecule has 2 aromatic carbocycles. The van der Waals surface area contributed by atoms with Gasteiger partial charge >= 0.3 is 0 Å². The zero-order chi connectivity index (χ0) is 19.3. The van der Waals surface area contributed by atoms with Crippen molar-refractivity contribution in [2.75, 3.05) is 18.5 Å². The number of benzene rings is 2. The smallest absolute Gasteiger partial charge is 0.255 e. The van der Waals surface area contributed by atoms with Crippen LogP contribution >= 0.6 is 0 Å². The van der Waals surface area contributed by atoms with Gasteiger partial charge in [-0.1, -0.05) is 25.1 Å². The SMILES string of the molecule is CCNS(=O)(=O)c1cc(C(=O)Nc2c(C)cccc2C)ccc1OCC. The average Bonchev–Trinajstić information content (AvgIpc) is 2.58. The molecule has 0 atom stereocenters. The van der Waals surface area contributed by atoms with E-state index in [1.54, 1.807) is 19.9 Å². The van der Waals surface area contributed by atoms with E-state index in [0.29, 0.717) is 6.61 Å². The Balaban J connectivity index is 2.42. The molecule has 2 N–H and O–H groups in total. The Labute approximate surface area is 154 Å². The molecule has 0 saturated carbocycles. The summed E-state index contributed by atoms with van der Waals surface area (Å²) in [7, 11) is -3.76. The molecule has 7 heteroatoms. The van der Waals surface area contributed by atoms with E-state index < -0.39 is 10.0 Å². The lowest BCUT2D eigenvalue weighted by Crippen LogP contribution is -2.24. The van der Waals surface area contributed by atoms with E-state index in [1.807, 2.05) is 32.0 Å². The third-order valence-electron chi connectivity index (χ3n) is 3.85. The number of amides is 1. The second-order valence-electron chi connectivity index (χ2n) is 5.82. The zero-order valence-corrected chi connectivity index (χ0v) is 16.2. The predicted molar refractivity (Wildman–Crippen MR) is 102 cm³/mol. The quantitative estimate of drug-likeness (QED) is 0.777. The van der Waals surface area contributed by atoms with Crippen LogP contribution in [-0.4, -0.2) is 27.5 Å². The van der Waals surface area contributed by atoms with Crippen LogP contribution in [0.2, 0.25) is 0 Å². The topological polar surface area (TPSA) is 84.5 Å². The highest BCUT2D eigenvalue weighted by atomic mass is 32.2. The Morgan fingerprint density at radius 1 is 1.08 bits per heavy atom. The number of carbonyl (C=O) groups excluding carboxylic acids is 1. The normalized spacial score (nSPS) is 11.2. The van der Waals surface area contributed by atoms with E-state index in [4.69, 9.17) is 4.74 Å². The molecule has 0 aliphatic rings. The summed E-state index contributed by atoms with van der Waals surface area (Å²) in [6.45, 7) is 7.83. The van der Waals surface area contributed by atoms with E-state index >= 15 is 0 Å². The molecule has 2 rings (SSSR count). The monoisotopic (exact) mass is 376 g/mol. The first-order chi connectivity index (χ1) is 12.3. The lowest BCUT2D eigenvalue weighted by molar-refractivity contribution is 0.102. The Kier molecular flexibility index (Phi) is 6.39. The van der Waals surface area contributed by atoms with Gasteiger partial charge in [-0.15, -0.1) is 0 Å². The third-order valence-corrected chi connectivity index (χ3v) is 5.42. The van der Waals surface area contributed by atoms with Gasteiger partial charge in [-0.05, 0) is 50.1 Å². The van der Waals surface area contributed by atoms with E-state index in [-0.39, 0.29) is 28.7 Å². The number of aryl methyl sites for hydroxylation is 2. The summed E-state index contributed by atoms with van der Waals surface area (Å²) in [5, 5.41) is 2.86. The van der Waals surface area contributed by atoms with Gasteiger partial charge in [-0.25, -0.2) is 13.1 Å². The average molecular weight is 376 g/mol. The van der Waals surface area contributed by atoms with Crippen LogP contribution in [0, 0.1) is 13.8 Å². The maximum absolute atomic E-state index is 12.7. The summed E-state index contributed by atoms with van der Waals surface area (Å²) in [6.07, 6.45) is 0. The number of hydrogen-bond acceptors (Lipinski definition) is 4. The number of ether oxygens (including phenoxy) is 1. The van der Waals surface area contributed by atoms with Crippen LogP contribution in [0.15, 0.2) is 41.3 Å². The summed E-state index contributed by atoms with van der Waals surface area (Å²) in [6, 6.07) is 10.1. The summed E-state index contributed by atoms with van der Waals surface area (Å²) in [5.41, 5.74) is 2.84. The maximum atomic E-state index is 12.7. The highest BCUT2D eigenvalue weighted by Crippen LogP contribution is 2.26. The largest absolute Gasteiger partial charge is 0.492 e. The molecule has 0 heterocycles. The van der Waals surface area contributed by atoms with E-state index in [2.05, 4.69) is 10.0 Å². The van der Waals surface area contributed by atoms with Gasteiger partial charge in [0.1, 0.15) is 10.6 Å². The molecule has 140 valence electrons. The van der Waals surface area contributed by atoms with Crippen LogP contribution in [0.1, 0.15) is 35.3 Å². The Bertz CT molecular complexity index is 888. The van der Waals surface area contributed by atoms with E-state index in [1.165, 1.54) is 12.1 Å². The Morgan fingerprint density at radius 2 is 1.73 bits per heavy atom. The molecule has 2 aromatic rings. The minimum absolute atomic E-state index is 0.0460. The van der Waals surface area contributed by atoms with Crippen molar-refractivity contribution >= 4 is 21.6 Å². The lowest BCUT2D eigenvalue weighted by Gasteiger charge is -2.14. The van der Waals surface area contributed by atoms with E-state index in [9.17, 15) is 13.2 Å². The van der Waals surface area contributed by atoms with Gasteiger partial charge in [0.2, 0.25) is 10.0 Å². The molecule has 0 aliphatic heterocycles. The molecule has 26 heavy (non-hydrogen) atoms. The highest BCUT2D eigenvalue weighted by Gasteiger charge is 2.21. The van der Waals surface area contributed by atoms with Gasteiger partial charge in [0.05, 0.1) is 6.61 Å². The number of rotatable bonds is 7. The number of para-hydroxylation sites is 1. The molecule has 0 aromatic heterocycles. The van der Waals surface area contributed by atoms with Crippen LogP contribution in [0.3, 0.4) is 0 Å². The molecule has 0 saturated heterocycles. The van der Waals surface area contributed by atoms with Crippen LogP contribution in [0.4, 0.5) is 5.69 Å². The molecule has 6 nitrogen and oxygen atoms in total. The van der Waals surface area contributed by atoms with Crippen molar-refractivity contribution in [2.45, 2.75) is 32.6 Å². The van der Waals surface area contributed by atoms with Crippen molar-refractivity contribution in [1.29, 1.82) is 0 Å². The van der Waals surface area contributed by atoms with Crippen LogP contribution in [0.25, 0.3) is 0 Å². The number of nitrogens with one attached hydrogen (secondary N) is 2. The minimum atomic E-state index is -3.76. The number of anilines is 1. The second kappa shape index (κ2) is 8.33. The number of hydrogen-bond donors (Lipinski definition) is 2. The van der Waals surface area contributed by atoms with E-state index in [0.717, 1.165) is 16.8 Å². The van der Waals surface area contributed by atoms with Crippen LogP contribution < -0.4 is 14.8 Å². The standard InChI is InChI=1S/C19H24N2O4S/c1-5-20-26(23,24)17-12-15(10-11-16(17)25-6-2)19(22)21-18-13(3)8-7-9-14(18)4/h7-12,20H,5-6H2,1-4H3,(H,21,22). The fourth-order valence-corrected chi connectivity index (χ4v) is 3.81. The van der Waals surface area contributed by atoms with Gasteiger partial charge < -0.3 is 10.1 Å². The highest BCUT2D eigenvalue weighted by molar-refractivity contribution is 7.89. The van der Waals surface area contributed by atoms with Crippen molar-refractivity contribution in [2.24, 2.45) is 0 Å². The first-order valence-electron chi connectivity index (χ1n) is 8.44. The first kappa shape index (κ1) is 19.9. The molecule has 0 fully saturated rings. The number of carbonyl (C=O) groups is 1. The van der Waals surface area contributed by atoms with Crippen molar-refractivity contribution < 1.29 is 17.9 Å². The van der Waals surface area contributed by atoms with Gasteiger partial charge in [0.25, 0.3) is 5.91 Å². The second-order valence-corrected chi connectivity index (χ2v) is 7.55. The molecule has 0 aliphatic carbocycles. The first-order valence-corrected chi connectivity index (χ1v) is 9.92. The lowest BCUT2D eigenvalue weighted by atomic mass is 10.1. The van der Waals surface area contributed by atoms with Crippen molar-refractivity contribution in [3.63, 3.8) is 0 Å². The molecule has 0 bridgehead atoms. The molecular formula is C19H24N2O4S. The molecule has 1 amide bonds. The van der Waals surface area contributed by atoms with Crippen molar-refractivity contribution in [3.8, 4) is 5.75 Å². The summed E-state index contributed by atoms with van der Waals surface area (Å²) in [5.74, 6) is -0.157. The third kappa shape index (κ3) is 4.42. The van der Waals surface area contributed by atoms with Gasteiger partial charge in [-0.3, -0.25) is 4.79 Å². The van der Waals surface area contributed by atoms with Crippen molar-refractivity contribution in [1.82, 2.24) is 4.72 Å². The number of sulfonamides is 1. The fourth-order valence-electron chi connectivity index (χ4n) is 2.60. The fraction of sp³-hybridized carbons (Fsp3) is 0.316. The summed E-state index contributed by atoms with van der Waals surface area (Å²) >= 11 is 0. The minimum Gasteiger partial charge on any atom is -0.492 e. The zero-order valence-electron chi connectivity index (χ0n) is 15.4. The Hall–Kier alpha value is -2.38. The Morgan fingerprint density at radius 3 is 2.31 bits per heavy atom. The molecule has 0 spiro atoms. The molecule has 0 unspecified atom stereocenters. The summed E-state index contributed by atoms with van der Waals surface area (Å²) in [4.78, 5) is 12.6.